The number of carbonyl (C=O) groups excluding carboxylic acids is 1. The van der Waals surface area contributed by atoms with E-state index in [0.29, 0.717) is 17.3 Å². The summed E-state index contributed by atoms with van der Waals surface area (Å²) < 4.78 is 5.38. The van der Waals surface area contributed by atoms with Crippen molar-refractivity contribution in [3.63, 3.8) is 0 Å². The van der Waals surface area contributed by atoms with Crippen LogP contribution >= 0.6 is 11.6 Å². The average Bonchev–Trinajstić information content (AvgIpc) is 2.52. The summed E-state index contributed by atoms with van der Waals surface area (Å²) in [5.41, 5.74) is 2.54. The van der Waals surface area contributed by atoms with Crippen molar-refractivity contribution >= 4 is 17.5 Å². The summed E-state index contributed by atoms with van der Waals surface area (Å²) in [6.07, 6.45) is 1.85. The lowest BCUT2D eigenvalue weighted by Gasteiger charge is -2.08. The summed E-state index contributed by atoms with van der Waals surface area (Å²) in [6.45, 7) is 2.69. The van der Waals surface area contributed by atoms with Gasteiger partial charge in [0, 0.05) is 6.54 Å². The smallest absolute Gasteiger partial charge is 0.257 e. The van der Waals surface area contributed by atoms with Gasteiger partial charge in [-0.05, 0) is 37.5 Å². The van der Waals surface area contributed by atoms with E-state index < -0.39 is 0 Å². The van der Waals surface area contributed by atoms with Crippen LogP contribution in [0.5, 0.6) is 5.75 Å². The quantitative estimate of drug-likeness (QED) is 0.789. The van der Waals surface area contributed by atoms with Gasteiger partial charge in [-0.2, -0.15) is 0 Å². The first-order valence-electron chi connectivity index (χ1n) is 7.35. The Bertz CT molecular complexity index is 611. The van der Waals surface area contributed by atoms with Gasteiger partial charge >= 0.3 is 0 Å². The Morgan fingerprint density at radius 3 is 2.59 bits per heavy atom. The van der Waals surface area contributed by atoms with Crippen molar-refractivity contribution in [2.75, 3.05) is 13.2 Å². The van der Waals surface area contributed by atoms with Crippen LogP contribution in [0.2, 0.25) is 5.02 Å². The van der Waals surface area contributed by atoms with E-state index >= 15 is 0 Å². The molecule has 2 rings (SSSR count). The molecule has 4 heteroatoms. The molecule has 116 valence electrons. The minimum Gasteiger partial charge on any atom is -0.482 e. The number of ether oxygens (including phenoxy) is 1. The Morgan fingerprint density at radius 1 is 1.14 bits per heavy atom. The van der Waals surface area contributed by atoms with E-state index in [1.807, 2.05) is 12.1 Å². The highest BCUT2D eigenvalue weighted by atomic mass is 35.5. The molecule has 0 aromatic heterocycles. The third-order valence-corrected chi connectivity index (χ3v) is 3.59. The molecule has 0 spiro atoms. The molecular weight excluding hydrogens is 298 g/mol. The highest BCUT2D eigenvalue weighted by molar-refractivity contribution is 6.32. The van der Waals surface area contributed by atoms with Gasteiger partial charge in [0.2, 0.25) is 0 Å². The first-order valence-corrected chi connectivity index (χ1v) is 7.72. The second-order valence-electron chi connectivity index (χ2n) is 5.16. The third kappa shape index (κ3) is 5.41. The Morgan fingerprint density at radius 2 is 1.86 bits per heavy atom. The molecule has 2 aromatic carbocycles. The van der Waals surface area contributed by atoms with E-state index in [2.05, 4.69) is 36.5 Å². The molecule has 0 saturated carbocycles. The molecule has 3 nitrogen and oxygen atoms in total. The summed E-state index contributed by atoms with van der Waals surface area (Å²) in [5.74, 6) is 0.391. The molecule has 0 bridgehead atoms. The zero-order valence-electron chi connectivity index (χ0n) is 12.6. The minimum absolute atomic E-state index is 0.0196. The van der Waals surface area contributed by atoms with Crippen molar-refractivity contribution in [3.8, 4) is 5.75 Å². The molecular formula is C18H20ClNO2. The number of halogens is 1. The van der Waals surface area contributed by atoms with Crippen LogP contribution in [0.25, 0.3) is 0 Å². The van der Waals surface area contributed by atoms with Crippen LogP contribution in [-0.2, 0) is 11.2 Å². The third-order valence-electron chi connectivity index (χ3n) is 3.28. The average molecular weight is 318 g/mol. The summed E-state index contributed by atoms with van der Waals surface area (Å²) >= 11 is 5.96. The predicted octanol–water partition coefficient (Wildman–Crippen LogP) is 3.78. The second-order valence-corrected chi connectivity index (χ2v) is 5.57. The first-order chi connectivity index (χ1) is 10.6. The van der Waals surface area contributed by atoms with Crippen molar-refractivity contribution in [2.24, 2.45) is 0 Å². The van der Waals surface area contributed by atoms with Gasteiger partial charge in [0.1, 0.15) is 5.75 Å². The van der Waals surface area contributed by atoms with Crippen LogP contribution < -0.4 is 10.1 Å². The van der Waals surface area contributed by atoms with Crippen LogP contribution in [0.4, 0.5) is 0 Å². The van der Waals surface area contributed by atoms with E-state index in [0.717, 1.165) is 12.8 Å². The lowest BCUT2D eigenvalue weighted by molar-refractivity contribution is -0.123. The van der Waals surface area contributed by atoms with Crippen LogP contribution in [0.15, 0.2) is 48.5 Å². The van der Waals surface area contributed by atoms with Crippen LogP contribution in [0.1, 0.15) is 17.5 Å². The van der Waals surface area contributed by atoms with Crippen molar-refractivity contribution in [1.82, 2.24) is 5.32 Å². The van der Waals surface area contributed by atoms with Gasteiger partial charge in [-0.25, -0.2) is 0 Å². The largest absolute Gasteiger partial charge is 0.482 e. The topological polar surface area (TPSA) is 38.3 Å². The fraction of sp³-hybridized carbons (Fsp3) is 0.278. The Labute approximate surface area is 136 Å². The number of hydrogen-bond donors (Lipinski definition) is 1. The number of amides is 1. The molecule has 2 aromatic rings. The molecule has 0 fully saturated rings. The van der Waals surface area contributed by atoms with Crippen molar-refractivity contribution < 1.29 is 9.53 Å². The summed E-state index contributed by atoms with van der Waals surface area (Å²) in [6, 6.07) is 15.6. The number of hydrogen-bond acceptors (Lipinski definition) is 2. The van der Waals surface area contributed by atoms with E-state index in [1.54, 1.807) is 12.1 Å². The Balaban J connectivity index is 1.64. The van der Waals surface area contributed by atoms with Gasteiger partial charge < -0.3 is 10.1 Å². The second kappa shape index (κ2) is 8.44. The zero-order valence-corrected chi connectivity index (χ0v) is 13.4. The Kier molecular flexibility index (Phi) is 6.28. The minimum atomic E-state index is -0.135. The fourth-order valence-corrected chi connectivity index (χ4v) is 2.22. The molecule has 22 heavy (non-hydrogen) atoms. The maximum absolute atomic E-state index is 11.7. The molecule has 1 amide bonds. The number of nitrogens with one attached hydrogen (secondary N) is 1. The van der Waals surface area contributed by atoms with Crippen molar-refractivity contribution in [1.29, 1.82) is 0 Å². The maximum atomic E-state index is 11.7. The number of benzene rings is 2. The summed E-state index contributed by atoms with van der Waals surface area (Å²) in [7, 11) is 0. The van der Waals surface area contributed by atoms with Gasteiger partial charge in [0.05, 0.1) is 5.02 Å². The van der Waals surface area contributed by atoms with E-state index in [1.165, 1.54) is 11.1 Å². The molecule has 0 atom stereocenters. The van der Waals surface area contributed by atoms with Crippen molar-refractivity contribution in [3.05, 3.63) is 64.7 Å². The van der Waals surface area contributed by atoms with Gasteiger partial charge in [-0.3, -0.25) is 4.79 Å². The molecule has 1 N–H and O–H groups in total. The zero-order chi connectivity index (χ0) is 15.8. The lowest BCUT2D eigenvalue weighted by atomic mass is 10.1. The SMILES string of the molecule is Cc1ccc(CCCNC(=O)COc2ccccc2Cl)cc1. The molecule has 0 aliphatic rings. The monoisotopic (exact) mass is 317 g/mol. The summed E-state index contributed by atoms with van der Waals surface area (Å²) in [4.78, 5) is 11.7. The van der Waals surface area contributed by atoms with E-state index in [-0.39, 0.29) is 12.5 Å². The number of rotatable bonds is 7. The first kappa shape index (κ1) is 16.4. The highest BCUT2D eigenvalue weighted by Crippen LogP contribution is 2.22. The highest BCUT2D eigenvalue weighted by Gasteiger charge is 2.04. The standard InChI is InChI=1S/C18H20ClNO2/c1-14-8-10-15(11-9-14)5-4-12-20-18(21)13-22-17-7-3-2-6-16(17)19/h2-3,6-11H,4-5,12-13H2,1H3,(H,20,21). The predicted molar refractivity (Wildman–Crippen MR) is 89.5 cm³/mol. The normalized spacial score (nSPS) is 10.3. The molecule has 0 unspecified atom stereocenters. The molecule has 0 heterocycles. The van der Waals surface area contributed by atoms with Crippen LogP contribution in [-0.4, -0.2) is 19.1 Å². The van der Waals surface area contributed by atoms with E-state index in [4.69, 9.17) is 16.3 Å². The van der Waals surface area contributed by atoms with Gasteiger partial charge in [-0.15, -0.1) is 0 Å². The van der Waals surface area contributed by atoms with Gasteiger partial charge in [0.25, 0.3) is 5.91 Å². The van der Waals surface area contributed by atoms with Gasteiger partial charge in [0.15, 0.2) is 6.61 Å². The van der Waals surface area contributed by atoms with Crippen LogP contribution in [0, 0.1) is 6.92 Å². The number of aryl methyl sites for hydroxylation is 2. The maximum Gasteiger partial charge on any atom is 0.257 e. The molecule has 0 saturated heterocycles. The lowest BCUT2D eigenvalue weighted by Crippen LogP contribution is -2.29. The molecule has 0 aliphatic heterocycles. The Hall–Kier alpha value is -2.00. The van der Waals surface area contributed by atoms with Gasteiger partial charge in [-0.1, -0.05) is 53.6 Å². The summed E-state index contributed by atoms with van der Waals surface area (Å²) in [5, 5.41) is 3.36. The van der Waals surface area contributed by atoms with E-state index in [9.17, 15) is 4.79 Å². The van der Waals surface area contributed by atoms with Crippen LogP contribution in [0.3, 0.4) is 0 Å². The van der Waals surface area contributed by atoms with Crippen molar-refractivity contribution in [2.45, 2.75) is 19.8 Å². The fourth-order valence-electron chi connectivity index (χ4n) is 2.03. The number of carbonyl (C=O) groups is 1. The number of para-hydroxylation sites is 1. The molecule has 0 radical (unpaired) electrons. The molecule has 0 aliphatic carbocycles.